The van der Waals surface area contributed by atoms with Crippen LogP contribution in [0.2, 0.25) is 5.02 Å². The first-order chi connectivity index (χ1) is 14.2. The average molecular weight is 403 g/mol. The first-order valence-electron chi connectivity index (χ1n) is 9.65. The standard InChI is InChI=1S/C24H19ClN2O2/c25-19-9-7-16(8-10-19)18-13-21(28)23-20(15-27-12-4-11-26-27)24(29-22(23)14-18)17-5-2-1-3-6-17/h1-12,18H,13-15H2. The van der Waals surface area contributed by atoms with Crippen molar-refractivity contribution in [2.24, 2.45) is 0 Å². The Hall–Kier alpha value is -3.11. The van der Waals surface area contributed by atoms with Gasteiger partial charge in [-0.05, 0) is 29.7 Å². The maximum Gasteiger partial charge on any atom is 0.167 e. The Kier molecular flexibility index (Phi) is 4.57. The molecule has 0 aliphatic heterocycles. The van der Waals surface area contributed by atoms with Crippen LogP contribution in [0.25, 0.3) is 11.3 Å². The van der Waals surface area contributed by atoms with Crippen LogP contribution in [0.4, 0.5) is 0 Å². The molecule has 2 aromatic carbocycles. The van der Waals surface area contributed by atoms with Crippen LogP contribution in [-0.4, -0.2) is 15.6 Å². The van der Waals surface area contributed by atoms with Crippen molar-refractivity contribution in [3.63, 3.8) is 0 Å². The summed E-state index contributed by atoms with van der Waals surface area (Å²) in [6, 6.07) is 19.6. The van der Waals surface area contributed by atoms with Gasteiger partial charge in [0, 0.05) is 41.4 Å². The third kappa shape index (κ3) is 3.40. The molecule has 0 spiro atoms. The van der Waals surface area contributed by atoms with E-state index >= 15 is 0 Å². The van der Waals surface area contributed by atoms with Crippen molar-refractivity contribution in [3.8, 4) is 11.3 Å². The van der Waals surface area contributed by atoms with Gasteiger partial charge in [-0.25, -0.2) is 0 Å². The largest absolute Gasteiger partial charge is 0.460 e. The maximum atomic E-state index is 13.2. The van der Waals surface area contributed by atoms with Crippen molar-refractivity contribution in [3.05, 3.63) is 101 Å². The summed E-state index contributed by atoms with van der Waals surface area (Å²) < 4.78 is 8.16. The number of carbonyl (C=O) groups is 1. The molecule has 0 radical (unpaired) electrons. The predicted molar refractivity (Wildman–Crippen MR) is 112 cm³/mol. The zero-order valence-corrected chi connectivity index (χ0v) is 16.5. The molecule has 144 valence electrons. The molecule has 0 saturated heterocycles. The van der Waals surface area contributed by atoms with Crippen molar-refractivity contribution in [2.45, 2.75) is 25.3 Å². The van der Waals surface area contributed by atoms with Crippen molar-refractivity contribution >= 4 is 17.4 Å². The summed E-state index contributed by atoms with van der Waals surface area (Å²) in [6.45, 7) is 0.507. The van der Waals surface area contributed by atoms with E-state index in [-0.39, 0.29) is 11.7 Å². The summed E-state index contributed by atoms with van der Waals surface area (Å²) in [7, 11) is 0. The minimum atomic E-state index is 0.0968. The fraction of sp³-hybridized carbons (Fsp3) is 0.167. The Bertz CT molecular complexity index is 1150. The summed E-state index contributed by atoms with van der Waals surface area (Å²) in [6.07, 6.45) is 4.81. The number of nitrogens with zero attached hydrogens (tertiary/aromatic N) is 2. The quantitative estimate of drug-likeness (QED) is 0.436. The van der Waals surface area contributed by atoms with Gasteiger partial charge in [0.25, 0.3) is 0 Å². The van der Waals surface area contributed by atoms with Crippen LogP contribution in [-0.2, 0) is 13.0 Å². The predicted octanol–water partition coefficient (Wildman–Crippen LogP) is 5.76. The number of ketones is 1. The monoisotopic (exact) mass is 402 g/mol. The number of hydrogen-bond donors (Lipinski definition) is 0. The minimum Gasteiger partial charge on any atom is -0.460 e. The van der Waals surface area contributed by atoms with E-state index in [1.807, 2.05) is 71.5 Å². The van der Waals surface area contributed by atoms with Crippen LogP contribution in [0.1, 0.15) is 39.6 Å². The van der Waals surface area contributed by atoms with E-state index in [4.69, 9.17) is 16.0 Å². The highest BCUT2D eigenvalue weighted by atomic mass is 35.5. The highest BCUT2D eigenvalue weighted by molar-refractivity contribution is 6.30. The van der Waals surface area contributed by atoms with Crippen LogP contribution >= 0.6 is 11.6 Å². The van der Waals surface area contributed by atoms with Gasteiger partial charge in [0.1, 0.15) is 11.5 Å². The molecule has 0 amide bonds. The molecule has 1 aliphatic carbocycles. The van der Waals surface area contributed by atoms with Gasteiger partial charge in [-0.3, -0.25) is 9.48 Å². The van der Waals surface area contributed by atoms with Crippen molar-refractivity contribution in [2.75, 3.05) is 0 Å². The number of Topliss-reactive ketones (excluding diaryl/α,β-unsaturated/α-hetero) is 1. The highest BCUT2D eigenvalue weighted by Crippen LogP contribution is 2.40. The summed E-state index contributed by atoms with van der Waals surface area (Å²) in [4.78, 5) is 13.2. The lowest BCUT2D eigenvalue weighted by Crippen LogP contribution is -2.19. The average Bonchev–Trinajstić information content (AvgIpc) is 3.38. The van der Waals surface area contributed by atoms with Gasteiger partial charge >= 0.3 is 0 Å². The van der Waals surface area contributed by atoms with E-state index in [0.29, 0.717) is 24.4 Å². The Morgan fingerprint density at radius 2 is 1.83 bits per heavy atom. The van der Waals surface area contributed by atoms with Crippen LogP contribution in [0, 0.1) is 0 Å². The molecule has 1 atom stereocenters. The molecule has 29 heavy (non-hydrogen) atoms. The van der Waals surface area contributed by atoms with E-state index in [0.717, 1.165) is 33.8 Å². The molecule has 0 saturated carbocycles. The van der Waals surface area contributed by atoms with Crippen LogP contribution in [0.5, 0.6) is 0 Å². The molecule has 0 fully saturated rings. The van der Waals surface area contributed by atoms with E-state index in [1.165, 1.54) is 0 Å². The SMILES string of the molecule is O=C1CC(c2ccc(Cl)cc2)Cc2oc(-c3ccccc3)c(Cn3cccn3)c21. The van der Waals surface area contributed by atoms with Crippen molar-refractivity contribution in [1.82, 2.24) is 9.78 Å². The van der Waals surface area contributed by atoms with Gasteiger partial charge < -0.3 is 4.42 Å². The minimum absolute atomic E-state index is 0.0968. The maximum absolute atomic E-state index is 13.2. The van der Waals surface area contributed by atoms with Gasteiger partial charge in [0.2, 0.25) is 0 Å². The summed E-state index contributed by atoms with van der Waals surface area (Å²) in [5.41, 5.74) is 3.72. The van der Waals surface area contributed by atoms with E-state index < -0.39 is 0 Å². The van der Waals surface area contributed by atoms with Crippen molar-refractivity contribution in [1.29, 1.82) is 0 Å². The number of hydrogen-bond acceptors (Lipinski definition) is 3. The molecular formula is C24H19ClN2O2. The van der Waals surface area contributed by atoms with Gasteiger partial charge in [0.15, 0.2) is 5.78 Å². The molecule has 4 aromatic rings. The van der Waals surface area contributed by atoms with Crippen LogP contribution in [0.15, 0.2) is 77.5 Å². The van der Waals surface area contributed by atoms with Crippen LogP contribution < -0.4 is 0 Å². The number of aromatic nitrogens is 2. The third-order valence-corrected chi connectivity index (χ3v) is 5.73. The van der Waals surface area contributed by atoms with Gasteiger partial charge in [-0.2, -0.15) is 5.10 Å². The number of fused-ring (bicyclic) bond motifs is 1. The topological polar surface area (TPSA) is 48.0 Å². The zero-order chi connectivity index (χ0) is 19.8. The number of rotatable bonds is 4. The molecule has 5 heteroatoms. The van der Waals surface area contributed by atoms with Crippen LogP contribution in [0.3, 0.4) is 0 Å². The molecule has 1 aliphatic rings. The number of carbonyl (C=O) groups excluding carboxylic acids is 1. The van der Waals surface area contributed by atoms with Gasteiger partial charge in [-0.1, -0.05) is 54.1 Å². The second-order valence-corrected chi connectivity index (χ2v) is 7.79. The van der Waals surface area contributed by atoms with Crippen molar-refractivity contribution < 1.29 is 9.21 Å². The lowest BCUT2D eigenvalue weighted by Gasteiger charge is -2.21. The number of furan rings is 1. The van der Waals surface area contributed by atoms with E-state index in [1.54, 1.807) is 6.20 Å². The third-order valence-electron chi connectivity index (χ3n) is 5.48. The van der Waals surface area contributed by atoms with E-state index in [9.17, 15) is 4.79 Å². The fourth-order valence-electron chi connectivity index (χ4n) is 4.11. The molecule has 0 N–H and O–H groups in total. The summed E-state index contributed by atoms with van der Waals surface area (Å²) in [5.74, 6) is 1.75. The second-order valence-electron chi connectivity index (χ2n) is 7.36. The Morgan fingerprint density at radius 3 is 2.55 bits per heavy atom. The Balaban J connectivity index is 1.59. The van der Waals surface area contributed by atoms with Gasteiger partial charge in [-0.15, -0.1) is 0 Å². The van der Waals surface area contributed by atoms with Gasteiger partial charge in [0.05, 0.1) is 12.1 Å². The lowest BCUT2D eigenvalue weighted by atomic mass is 9.81. The first kappa shape index (κ1) is 18.0. The zero-order valence-electron chi connectivity index (χ0n) is 15.7. The molecule has 5 rings (SSSR count). The highest BCUT2D eigenvalue weighted by Gasteiger charge is 2.34. The fourth-order valence-corrected chi connectivity index (χ4v) is 4.23. The number of halogens is 1. The molecule has 2 aromatic heterocycles. The number of benzene rings is 2. The summed E-state index contributed by atoms with van der Waals surface area (Å²) >= 11 is 6.03. The Labute approximate surface area is 173 Å². The van der Waals surface area contributed by atoms with E-state index in [2.05, 4.69) is 5.10 Å². The molecular weight excluding hydrogens is 384 g/mol. The molecule has 1 unspecified atom stereocenters. The first-order valence-corrected chi connectivity index (χ1v) is 10.0. The molecule has 0 bridgehead atoms. The summed E-state index contributed by atoms with van der Waals surface area (Å²) in [5, 5.41) is 5.02. The smallest absolute Gasteiger partial charge is 0.167 e. The molecule has 2 heterocycles. The molecule has 4 nitrogen and oxygen atoms in total. The lowest BCUT2D eigenvalue weighted by molar-refractivity contribution is 0.0959. The normalized spacial score (nSPS) is 16.0. The Morgan fingerprint density at radius 1 is 1.03 bits per heavy atom. The second kappa shape index (κ2) is 7.37.